The SMILES string of the molecule is Cc1c(Cl)cccc1NC(=O)c1ccc(N2C(=O)[C@H]3CC=CC[C@H]3C2=O)cc1. The van der Waals surface area contributed by atoms with Crippen LogP contribution in [0.15, 0.2) is 54.6 Å². The van der Waals surface area contributed by atoms with Crippen LogP contribution in [0, 0.1) is 18.8 Å². The van der Waals surface area contributed by atoms with Crippen molar-refractivity contribution in [3.63, 3.8) is 0 Å². The van der Waals surface area contributed by atoms with Crippen molar-refractivity contribution >= 4 is 40.7 Å². The molecule has 6 heteroatoms. The predicted molar refractivity (Wildman–Crippen MR) is 108 cm³/mol. The average Bonchev–Trinajstić information content (AvgIpc) is 2.96. The Labute approximate surface area is 168 Å². The smallest absolute Gasteiger partial charge is 0.255 e. The van der Waals surface area contributed by atoms with Crippen molar-refractivity contribution in [1.82, 2.24) is 0 Å². The first-order chi connectivity index (χ1) is 13.5. The zero-order chi connectivity index (χ0) is 19.8. The summed E-state index contributed by atoms with van der Waals surface area (Å²) in [6.07, 6.45) is 5.12. The van der Waals surface area contributed by atoms with Gasteiger partial charge in [0.1, 0.15) is 0 Å². The van der Waals surface area contributed by atoms with Gasteiger partial charge in [0, 0.05) is 16.3 Å². The number of benzene rings is 2. The number of nitrogens with one attached hydrogen (secondary N) is 1. The Bertz CT molecular complexity index is 971. The standard InChI is InChI=1S/C22H19ClN2O3/c1-13-18(23)7-4-8-19(13)24-20(26)14-9-11-15(12-10-14)25-21(27)16-5-2-3-6-17(16)22(25)28/h2-4,7-12,16-17H,5-6H2,1H3,(H,24,26)/t16-,17+. The summed E-state index contributed by atoms with van der Waals surface area (Å²) >= 11 is 6.09. The Morgan fingerprint density at radius 3 is 2.21 bits per heavy atom. The number of allylic oxidation sites excluding steroid dienone is 2. The average molecular weight is 395 g/mol. The first-order valence-corrected chi connectivity index (χ1v) is 9.54. The zero-order valence-electron chi connectivity index (χ0n) is 15.3. The van der Waals surface area contributed by atoms with Crippen LogP contribution in [-0.2, 0) is 9.59 Å². The third kappa shape index (κ3) is 3.12. The largest absolute Gasteiger partial charge is 0.322 e. The minimum absolute atomic E-state index is 0.161. The molecule has 0 aromatic heterocycles. The van der Waals surface area contributed by atoms with E-state index < -0.39 is 0 Å². The van der Waals surface area contributed by atoms with Crippen LogP contribution in [0.5, 0.6) is 0 Å². The van der Waals surface area contributed by atoms with Crippen molar-refractivity contribution in [2.45, 2.75) is 19.8 Å². The molecular formula is C22H19ClN2O3. The molecule has 5 nitrogen and oxygen atoms in total. The Morgan fingerprint density at radius 2 is 1.61 bits per heavy atom. The van der Waals surface area contributed by atoms with Gasteiger partial charge in [-0.25, -0.2) is 0 Å². The number of rotatable bonds is 3. The highest BCUT2D eigenvalue weighted by molar-refractivity contribution is 6.31. The summed E-state index contributed by atoms with van der Waals surface area (Å²) in [7, 11) is 0. The summed E-state index contributed by atoms with van der Waals surface area (Å²) in [5.41, 5.74) is 2.36. The van der Waals surface area contributed by atoms with Crippen LogP contribution in [-0.4, -0.2) is 17.7 Å². The van der Waals surface area contributed by atoms with E-state index in [0.29, 0.717) is 34.8 Å². The molecule has 2 aromatic carbocycles. The van der Waals surface area contributed by atoms with Crippen molar-refractivity contribution in [3.05, 3.63) is 70.8 Å². The summed E-state index contributed by atoms with van der Waals surface area (Å²) in [4.78, 5) is 39.1. The minimum atomic E-state index is -0.283. The highest BCUT2D eigenvalue weighted by Crippen LogP contribution is 2.37. The van der Waals surface area contributed by atoms with Crippen molar-refractivity contribution in [2.75, 3.05) is 10.2 Å². The zero-order valence-corrected chi connectivity index (χ0v) is 16.1. The first kappa shape index (κ1) is 18.4. The van der Waals surface area contributed by atoms with Gasteiger partial charge in [-0.2, -0.15) is 0 Å². The van der Waals surface area contributed by atoms with Gasteiger partial charge in [-0.3, -0.25) is 19.3 Å². The minimum Gasteiger partial charge on any atom is -0.322 e. The van der Waals surface area contributed by atoms with E-state index in [1.807, 2.05) is 19.1 Å². The molecule has 1 N–H and O–H groups in total. The second-order valence-electron chi connectivity index (χ2n) is 7.08. The van der Waals surface area contributed by atoms with Gasteiger partial charge in [-0.15, -0.1) is 0 Å². The molecule has 4 rings (SSSR count). The van der Waals surface area contributed by atoms with Crippen molar-refractivity contribution in [3.8, 4) is 0 Å². The molecule has 0 radical (unpaired) electrons. The van der Waals surface area contributed by atoms with E-state index in [1.54, 1.807) is 42.5 Å². The molecule has 2 atom stereocenters. The van der Waals surface area contributed by atoms with Gasteiger partial charge in [-0.05, 0) is 61.7 Å². The highest BCUT2D eigenvalue weighted by Gasteiger charge is 2.47. The summed E-state index contributed by atoms with van der Waals surface area (Å²) in [6.45, 7) is 1.83. The maximum Gasteiger partial charge on any atom is 0.255 e. The van der Waals surface area contributed by atoms with Crippen molar-refractivity contribution in [2.24, 2.45) is 11.8 Å². The number of hydrogen-bond donors (Lipinski definition) is 1. The number of carbonyl (C=O) groups excluding carboxylic acids is 3. The van der Waals surface area contributed by atoms with Crippen LogP contribution in [0.2, 0.25) is 5.02 Å². The lowest BCUT2D eigenvalue weighted by atomic mass is 9.85. The number of imide groups is 1. The van der Waals surface area contributed by atoms with Crippen LogP contribution in [0.25, 0.3) is 0 Å². The molecule has 0 spiro atoms. The molecule has 3 amide bonds. The fourth-order valence-electron chi connectivity index (χ4n) is 3.75. The van der Waals surface area contributed by atoms with Gasteiger partial charge in [0.15, 0.2) is 0 Å². The number of fused-ring (bicyclic) bond motifs is 1. The molecule has 2 aliphatic rings. The maximum atomic E-state index is 12.7. The molecule has 0 bridgehead atoms. The number of carbonyl (C=O) groups is 3. The normalized spacial score (nSPS) is 21.0. The molecule has 0 saturated carbocycles. The molecule has 0 unspecified atom stereocenters. The summed E-state index contributed by atoms with van der Waals surface area (Å²) in [6, 6.07) is 11.8. The highest BCUT2D eigenvalue weighted by atomic mass is 35.5. The number of hydrogen-bond acceptors (Lipinski definition) is 3. The fraction of sp³-hybridized carbons (Fsp3) is 0.227. The van der Waals surface area contributed by atoms with Gasteiger partial charge in [0.2, 0.25) is 11.8 Å². The molecule has 1 heterocycles. The van der Waals surface area contributed by atoms with E-state index in [2.05, 4.69) is 5.32 Å². The van der Waals surface area contributed by atoms with Gasteiger partial charge in [0.05, 0.1) is 17.5 Å². The Morgan fingerprint density at radius 1 is 1.00 bits per heavy atom. The first-order valence-electron chi connectivity index (χ1n) is 9.16. The number of anilines is 2. The van der Waals surface area contributed by atoms with Crippen molar-refractivity contribution in [1.29, 1.82) is 0 Å². The third-order valence-electron chi connectivity index (χ3n) is 5.41. The Balaban J connectivity index is 1.53. The summed E-state index contributed by atoms with van der Waals surface area (Å²) in [5, 5.41) is 3.41. The lowest BCUT2D eigenvalue weighted by Gasteiger charge is -2.15. The molecule has 1 fully saturated rings. The van der Waals surface area contributed by atoms with E-state index in [0.717, 1.165) is 5.56 Å². The van der Waals surface area contributed by atoms with Gasteiger partial charge < -0.3 is 5.32 Å². The number of nitrogens with zero attached hydrogens (tertiary/aromatic N) is 1. The van der Waals surface area contributed by atoms with Gasteiger partial charge in [-0.1, -0.05) is 29.8 Å². The lowest BCUT2D eigenvalue weighted by molar-refractivity contribution is -0.122. The molecule has 142 valence electrons. The van der Waals surface area contributed by atoms with E-state index in [1.165, 1.54) is 4.90 Å². The Kier molecular flexibility index (Phi) is 4.77. The molecule has 1 saturated heterocycles. The van der Waals surface area contributed by atoms with Gasteiger partial charge >= 0.3 is 0 Å². The maximum absolute atomic E-state index is 12.7. The molecule has 28 heavy (non-hydrogen) atoms. The van der Waals surface area contributed by atoms with E-state index >= 15 is 0 Å². The van der Waals surface area contributed by atoms with Crippen molar-refractivity contribution < 1.29 is 14.4 Å². The van der Waals surface area contributed by atoms with E-state index in [4.69, 9.17) is 11.6 Å². The van der Waals surface area contributed by atoms with Crippen LogP contribution < -0.4 is 10.2 Å². The second kappa shape index (κ2) is 7.24. The van der Waals surface area contributed by atoms with Crippen LogP contribution in [0.3, 0.4) is 0 Å². The fourth-order valence-corrected chi connectivity index (χ4v) is 3.93. The summed E-state index contributed by atoms with van der Waals surface area (Å²) in [5.74, 6) is -1.15. The molecule has 2 aromatic rings. The number of halogens is 1. The predicted octanol–water partition coefficient (Wildman–Crippen LogP) is 4.36. The molecular weight excluding hydrogens is 376 g/mol. The van der Waals surface area contributed by atoms with Crippen LogP contribution in [0.4, 0.5) is 11.4 Å². The monoisotopic (exact) mass is 394 g/mol. The van der Waals surface area contributed by atoms with Crippen LogP contribution >= 0.6 is 11.6 Å². The van der Waals surface area contributed by atoms with E-state index in [9.17, 15) is 14.4 Å². The molecule has 1 aliphatic heterocycles. The van der Waals surface area contributed by atoms with E-state index in [-0.39, 0.29) is 29.6 Å². The lowest BCUT2D eigenvalue weighted by Crippen LogP contribution is -2.30. The third-order valence-corrected chi connectivity index (χ3v) is 5.82. The molecule has 1 aliphatic carbocycles. The number of amides is 3. The van der Waals surface area contributed by atoms with Gasteiger partial charge in [0.25, 0.3) is 5.91 Å². The quantitative estimate of drug-likeness (QED) is 0.621. The summed E-state index contributed by atoms with van der Waals surface area (Å²) < 4.78 is 0. The second-order valence-corrected chi connectivity index (χ2v) is 7.49. The van der Waals surface area contributed by atoms with Crippen LogP contribution in [0.1, 0.15) is 28.8 Å². The Hall–Kier alpha value is -2.92. The topological polar surface area (TPSA) is 66.5 Å².